The molecule has 0 radical (unpaired) electrons. The fourth-order valence-corrected chi connectivity index (χ4v) is 3.64. The maximum Gasteiger partial charge on any atom is 0.314 e. The molecule has 28 heavy (non-hydrogen) atoms. The van der Waals surface area contributed by atoms with Crippen molar-refractivity contribution < 1.29 is 13.9 Å². The van der Waals surface area contributed by atoms with Crippen molar-refractivity contribution in [3.8, 4) is 0 Å². The summed E-state index contributed by atoms with van der Waals surface area (Å²) in [5.74, 6) is -0.274. The molecule has 1 aliphatic rings. The normalized spacial score (nSPS) is 22.1. The lowest BCUT2D eigenvalue weighted by Crippen LogP contribution is -2.59. The van der Waals surface area contributed by atoms with E-state index in [0.29, 0.717) is 13.1 Å². The summed E-state index contributed by atoms with van der Waals surface area (Å²) in [4.78, 5) is 16.7. The van der Waals surface area contributed by atoms with Crippen molar-refractivity contribution in [2.45, 2.75) is 51.5 Å². The zero-order valence-electron chi connectivity index (χ0n) is 18.0. The molecule has 0 aromatic heterocycles. The maximum atomic E-state index is 13.5. The third-order valence-electron chi connectivity index (χ3n) is 5.27. The second-order valence-electron chi connectivity index (χ2n) is 8.57. The highest BCUT2D eigenvalue weighted by atomic mass is 19.1. The van der Waals surface area contributed by atoms with Gasteiger partial charge in [0.25, 0.3) is 0 Å². The zero-order chi connectivity index (χ0) is 20.9. The van der Waals surface area contributed by atoms with Gasteiger partial charge in [-0.1, -0.05) is 12.1 Å². The number of ether oxygens (including phenoxy) is 1. The fraction of sp³-hybridized carbons (Fsp3) is 0.667. The Morgan fingerprint density at radius 3 is 2.50 bits per heavy atom. The molecule has 1 aromatic carbocycles. The minimum absolute atomic E-state index is 0.101. The predicted octanol–water partition coefficient (Wildman–Crippen LogP) is 2.62. The first-order valence-corrected chi connectivity index (χ1v) is 9.92. The number of halogens is 1. The number of carbonyl (C=O) groups is 1. The molecule has 1 heterocycles. The molecule has 158 valence electrons. The predicted molar refractivity (Wildman–Crippen MR) is 110 cm³/mol. The highest BCUT2D eigenvalue weighted by molar-refractivity contribution is 5.74. The van der Waals surface area contributed by atoms with Gasteiger partial charge in [0, 0.05) is 31.7 Å². The third-order valence-corrected chi connectivity index (χ3v) is 5.27. The van der Waals surface area contributed by atoms with Crippen LogP contribution in [0.4, 0.5) is 9.18 Å². The number of carbonyl (C=O) groups excluding carboxylic acids is 1. The van der Waals surface area contributed by atoms with Gasteiger partial charge in [-0.3, -0.25) is 4.90 Å². The third kappa shape index (κ3) is 6.43. The highest BCUT2D eigenvalue weighted by Gasteiger charge is 2.33. The second-order valence-corrected chi connectivity index (χ2v) is 8.57. The summed E-state index contributed by atoms with van der Waals surface area (Å²) >= 11 is 0. The van der Waals surface area contributed by atoms with Crippen LogP contribution < -0.4 is 10.6 Å². The van der Waals surface area contributed by atoms with Gasteiger partial charge in [0.2, 0.25) is 0 Å². The molecular formula is C21H35FN4O2. The van der Waals surface area contributed by atoms with E-state index in [1.54, 1.807) is 6.07 Å². The van der Waals surface area contributed by atoms with Gasteiger partial charge in [-0.2, -0.15) is 0 Å². The van der Waals surface area contributed by atoms with Crippen molar-refractivity contribution in [3.63, 3.8) is 0 Å². The first kappa shape index (κ1) is 22.6. The van der Waals surface area contributed by atoms with Crippen LogP contribution in [0.3, 0.4) is 0 Å². The number of nitrogens with zero attached hydrogens (tertiary/aromatic N) is 2. The Bertz CT molecular complexity index is 643. The molecule has 1 fully saturated rings. The molecule has 0 bridgehead atoms. The molecule has 2 amide bonds. The lowest BCUT2D eigenvalue weighted by atomic mass is 10.00. The van der Waals surface area contributed by atoms with Crippen LogP contribution in [-0.2, 0) is 4.74 Å². The molecule has 3 atom stereocenters. The molecular weight excluding hydrogens is 359 g/mol. The molecule has 1 saturated heterocycles. The highest BCUT2D eigenvalue weighted by Crippen LogP contribution is 2.21. The largest absolute Gasteiger partial charge is 0.373 e. The smallest absolute Gasteiger partial charge is 0.314 e. The summed E-state index contributed by atoms with van der Waals surface area (Å²) in [5.41, 5.74) is 0.662. The van der Waals surface area contributed by atoms with E-state index in [0.717, 1.165) is 18.7 Å². The molecule has 6 nitrogen and oxygen atoms in total. The molecule has 0 saturated carbocycles. The van der Waals surface area contributed by atoms with Crippen molar-refractivity contribution in [2.24, 2.45) is 0 Å². The molecule has 0 aliphatic carbocycles. The Labute approximate surface area is 168 Å². The van der Waals surface area contributed by atoms with Gasteiger partial charge in [-0.05, 0) is 59.5 Å². The monoisotopic (exact) mass is 394 g/mol. The first-order valence-electron chi connectivity index (χ1n) is 9.92. The van der Waals surface area contributed by atoms with E-state index in [4.69, 9.17) is 4.74 Å². The number of hydrogen-bond donors (Lipinski definition) is 2. The van der Waals surface area contributed by atoms with Crippen LogP contribution in [0.5, 0.6) is 0 Å². The van der Waals surface area contributed by atoms with E-state index in [2.05, 4.69) is 43.2 Å². The Balaban J connectivity index is 1.87. The zero-order valence-corrected chi connectivity index (χ0v) is 18.0. The van der Waals surface area contributed by atoms with E-state index in [9.17, 15) is 9.18 Å². The van der Waals surface area contributed by atoms with Crippen molar-refractivity contribution in [1.82, 2.24) is 20.4 Å². The number of benzene rings is 1. The number of nitrogens with one attached hydrogen (secondary N) is 2. The molecule has 2 rings (SSSR count). The Morgan fingerprint density at radius 1 is 1.29 bits per heavy atom. The number of urea groups is 1. The number of likely N-dealkylation sites (N-methyl/N-ethyl adjacent to an activating group) is 1. The Morgan fingerprint density at radius 2 is 1.93 bits per heavy atom. The number of amides is 2. The number of rotatable bonds is 7. The van der Waals surface area contributed by atoms with Crippen molar-refractivity contribution in [2.75, 3.05) is 40.3 Å². The van der Waals surface area contributed by atoms with E-state index in [1.807, 2.05) is 25.1 Å². The average molecular weight is 395 g/mol. The SMILES string of the molecule is CC1CN(C(C)(C)CNC(=O)NCC(c2cccc(F)c2)N(C)C)CC(C)O1. The summed E-state index contributed by atoms with van der Waals surface area (Å²) in [5, 5.41) is 5.90. The van der Waals surface area contributed by atoms with E-state index in [1.165, 1.54) is 12.1 Å². The average Bonchev–Trinajstić information content (AvgIpc) is 2.59. The quantitative estimate of drug-likeness (QED) is 0.747. The van der Waals surface area contributed by atoms with Gasteiger partial charge in [0.05, 0.1) is 18.2 Å². The minimum Gasteiger partial charge on any atom is -0.373 e. The standard InChI is InChI=1S/C21H35FN4O2/c1-15-12-26(13-16(2)28-15)21(3,4)14-24-20(27)23-11-19(25(5)6)17-8-7-9-18(22)10-17/h7-10,15-16,19H,11-14H2,1-6H3,(H2,23,24,27). The van der Waals surface area contributed by atoms with Crippen LogP contribution in [0.15, 0.2) is 24.3 Å². The van der Waals surface area contributed by atoms with Gasteiger partial charge in [-0.25, -0.2) is 9.18 Å². The van der Waals surface area contributed by atoms with Crippen LogP contribution in [0, 0.1) is 5.82 Å². The number of hydrogen-bond acceptors (Lipinski definition) is 4. The van der Waals surface area contributed by atoms with Crippen LogP contribution in [-0.4, -0.2) is 73.9 Å². The van der Waals surface area contributed by atoms with Gasteiger partial charge in [0.15, 0.2) is 0 Å². The van der Waals surface area contributed by atoms with Gasteiger partial charge in [0.1, 0.15) is 5.82 Å². The van der Waals surface area contributed by atoms with E-state index in [-0.39, 0.29) is 35.6 Å². The van der Waals surface area contributed by atoms with Crippen LogP contribution in [0.1, 0.15) is 39.3 Å². The van der Waals surface area contributed by atoms with Gasteiger partial charge >= 0.3 is 6.03 Å². The van der Waals surface area contributed by atoms with Crippen molar-refractivity contribution in [1.29, 1.82) is 0 Å². The summed E-state index contributed by atoms with van der Waals surface area (Å²) in [7, 11) is 3.83. The summed E-state index contributed by atoms with van der Waals surface area (Å²) < 4.78 is 19.3. The van der Waals surface area contributed by atoms with E-state index >= 15 is 0 Å². The fourth-order valence-electron chi connectivity index (χ4n) is 3.64. The molecule has 0 spiro atoms. The van der Waals surface area contributed by atoms with Crippen molar-refractivity contribution >= 4 is 6.03 Å². The molecule has 2 N–H and O–H groups in total. The van der Waals surface area contributed by atoms with Gasteiger partial charge < -0.3 is 20.3 Å². The first-order chi connectivity index (χ1) is 13.1. The Hall–Kier alpha value is -1.70. The molecule has 3 unspecified atom stereocenters. The second kappa shape index (κ2) is 9.67. The van der Waals surface area contributed by atoms with Crippen LogP contribution in [0.25, 0.3) is 0 Å². The summed E-state index contributed by atoms with van der Waals surface area (Å²) in [6, 6.07) is 6.17. The summed E-state index contributed by atoms with van der Waals surface area (Å²) in [6.45, 7) is 11.0. The van der Waals surface area contributed by atoms with Gasteiger partial charge in [-0.15, -0.1) is 0 Å². The molecule has 1 aliphatic heterocycles. The molecule has 1 aromatic rings. The topological polar surface area (TPSA) is 56.8 Å². The summed E-state index contributed by atoms with van der Waals surface area (Å²) in [6.07, 6.45) is 0.368. The Kier molecular flexibility index (Phi) is 7.80. The maximum absolute atomic E-state index is 13.5. The minimum atomic E-state index is -0.274. The lowest BCUT2D eigenvalue weighted by Gasteiger charge is -2.45. The molecule has 7 heteroatoms. The van der Waals surface area contributed by atoms with Crippen LogP contribution >= 0.6 is 0 Å². The van der Waals surface area contributed by atoms with Crippen molar-refractivity contribution in [3.05, 3.63) is 35.6 Å². The number of morpholine rings is 1. The lowest BCUT2D eigenvalue weighted by molar-refractivity contribution is -0.0947. The van der Waals surface area contributed by atoms with Crippen LogP contribution in [0.2, 0.25) is 0 Å². The van der Waals surface area contributed by atoms with E-state index < -0.39 is 0 Å².